The molecular weight excluding hydrogens is 356 g/mol. The second-order valence-corrected chi connectivity index (χ2v) is 6.59. The summed E-state index contributed by atoms with van der Waals surface area (Å²) < 4.78 is 0. The molecule has 0 heterocycles. The molecule has 1 aromatic rings. The molecule has 0 aromatic heterocycles. The van der Waals surface area contributed by atoms with Crippen LogP contribution in [0.25, 0.3) is 0 Å². The molecule has 1 aromatic carbocycles. The topological polar surface area (TPSA) is 63.3 Å². The summed E-state index contributed by atoms with van der Waals surface area (Å²) in [5, 5.41) is 10.2. The number of hydrogen-bond donors (Lipinski definition) is 2. The van der Waals surface area contributed by atoms with Crippen LogP contribution in [0.4, 0.5) is 0 Å². The number of nitrogens with two attached hydrogens (primary N) is 1. The van der Waals surface area contributed by atoms with Gasteiger partial charge < -0.3 is 10.8 Å². The summed E-state index contributed by atoms with van der Waals surface area (Å²) in [5.41, 5.74) is 6.30. The maximum absolute atomic E-state index is 10.9. The number of aliphatic carboxylic acids is 1. The number of carboxylic acids is 1. The Morgan fingerprint density at radius 3 is 2.29 bits per heavy atom. The molecule has 3 nitrogen and oxygen atoms in total. The largest absolute Gasteiger partial charge is 0.480 e. The van der Waals surface area contributed by atoms with Crippen LogP contribution in [-0.4, -0.2) is 17.1 Å². The number of benzene rings is 1. The van der Waals surface area contributed by atoms with E-state index in [1.54, 1.807) is 6.07 Å². The Balaban J connectivity index is 3.14. The van der Waals surface area contributed by atoms with Crippen LogP contribution < -0.4 is 5.73 Å². The highest BCUT2D eigenvalue weighted by atomic mass is 35.5. The smallest absolute Gasteiger partial charge is 0.320 e. The van der Waals surface area contributed by atoms with Crippen LogP contribution in [-0.2, 0) is 4.79 Å². The van der Waals surface area contributed by atoms with Crippen molar-refractivity contribution in [3.8, 4) is 0 Å². The van der Waals surface area contributed by atoms with E-state index in [-0.39, 0.29) is 21.9 Å². The fourth-order valence-electron chi connectivity index (χ4n) is 2.38. The summed E-state index contributed by atoms with van der Waals surface area (Å²) in [5.74, 6) is -1.09. The van der Waals surface area contributed by atoms with E-state index >= 15 is 0 Å². The normalized spacial score (nSPS) is 15.6. The van der Waals surface area contributed by atoms with Gasteiger partial charge in [-0.2, -0.15) is 0 Å². The molecule has 0 bridgehead atoms. The van der Waals surface area contributed by atoms with Crippen molar-refractivity contribution < 1.29 is 9.90 Å². The van der Waals surface area contributed by atoms with Crippen molar-refractivity contribution in [2.45, 2.75) is 38.6 Å². The molecule has 0 spiro atoms. The van der Waals surface area contributed by atoms with Crippen LogP contribution in [0.1, 0.15) is 38.2 Å². The summed E-state index contributed by atoms with van der Waals surface area (Å²) in [6, 6.07) is 0.630. The van der Waals surface area contributed by atoms with Gasteiger partial charge in [0.2, 0.25) is 0 Å². The van der Waals surface area contributed by atoms with Gasteiger partial charge in [0, 0.05) is 5.02 Å². The van der Waals surface area contributed by atoms with Crippen LogP contribution in [0.3, 0.4) is 0 Å². The molecule has 0 saturated carbocycles. The molecule has 3 atom stereocenters. The Morgan fingerprint density at radius 1 is 1.24 bits per heavy atom. The van der Waals surface area contributed by atoms with Crippen molar-refractivity contribution in [1.29, 1.82) is 0 Å². The van der Waals surface area contributed by atoms with E-state index in [0.29, 0.717) is 22.0 Å². The maximum Gasteiger partial charge on any atom is 0.320 e. The van der Waals surface area contributed by atoms with Gasteiger partial charge in [-0.05, 0) is 29.9 Å². The number of carbonyl (C=O) groups is 1. The zero-order chi connectivity index (χ0) is 16.3. The summed E-state index contributed by atoms with van der Waals surface area (Å²) >= 11 is 24.5. The van der Waals surface area contributed by atoms with E-state index in [2.05, 4.69) is 0 Å². The van der Waals surface area contributed by atoms with Gasteiger partial charge in [0.25, 0.3) is 0 Å². The predicted molar refractivity (Wildman–Crippen MR) is 88.9 cm³/mol. The third-order valence-electron chi connectivity index (χ3n) is 3.71. The van der Waals surface area contributed by atoms with E-state index in [0.717, 1.165) is 6.42 Å². The maximum atomic E-state index is 10.9. The lowest BCUT2D eigenvalue weighted by atomic mass is 9.81. The molecule has 3 unspecified atom stereocenters. The number of rotatable bonds is 6. The highest BCUT2D eigenvalue weighted by Gasteiger charge is 2.27. The first kappa shape index (κ1) is 18.9. The minimum atomic E-state index is -1.02. The van der Waals surface area contributed by atoms with Gasteiger partial charge in [0.15, 0.2) is 0 Å². The minimum Gasteiger partial charge on any atom is -0.480 e. The number of carboxylic acid groups (broad SMARTS) is 1. The van der Waals surface area contributed by atoms with Gasteiger partial charge in [0.05, 0.1) is 15.1 Å². The van der Waals surface area contributed by atoms with Gasteiger partial charge in [0.1, 0.15) is 6.04 Å². The molecule has 0 radical (unpaired) electrons. The van der Waals surface area contributed by atoms with E-state index in [1.807, 2.05) is 13.8 Å². The Labute approximate surface area is 144 Å². The molecule has 0 aliphatic heterocycles. The van der Waals surface area contributed by atoms with Crippen LogP contribution in [0.5, 0.6) is 0 Å². The van der Waals surface area contributed by atoms with E-state index < -0.39 is 12.0 Å². The molecule has 3 N–H and O–H groups in total. The summed E-state index contributed by atoms with van der Waals surface area (Å²) in [7, 11) is 0. The first-order valence-electron chi connectivity index (χ1n) is 6.51. The van der Waals surface area contributed by atoms with Crippen molar-refractivity contribution in [2.75, 3.05) is 0 Å². The summed E-state index contributed by atoms with van der Waals surface area (Å²) in [6.07, 6.45) is 1.08. The first-order valence-corrected chi connectivity index (χ1v) is 8.03. The molecule has 0 amide bonds. The van der Waals surface area contributed by atoms with Crippen LogP contribution >= 0.6 is 46.4 Å². The van der Waals surface area contributed by atoms with E-state index in [4.69, 9.17) is 57.2 Å². The molecule has 1 rings (SSSR count). The third kappa shape index (κ3) is 4.40. The Morgan fingerprint density at radius 2 is 1.81 bits per heavy atom. The molecule has 0 fully saturated rings. The first-order chi connectivity index (χ1) is 9.70. The van der Waals surface area contributed by atoms with Crippen LogP contribution in [0.15, 0.2) is 6.07 Å². The predicted octanol–water partition coefficient (Wildman–Crippen LogP) is 5.23. The zero-order valence-corrected chi connectivity index (χ0v) is 14.7. The summed E-state index contributed by atoms with van der Waals surface area (Å²) in [6.45, 7) is 3.90. The molecule has 21 heavy (non-hydrogen) atoms. The molecule has 0 saturated heterocycles. The quantitative estimate of drug-likeness (QED) is 0.530. The Hall–Kier alpha value is -0.190. The minimum absolute atomic E-state index is 0.0170. The van der Waals surface area contributed by atoms with Gasteiger partial charge in [-0.25, -0.2) is 0 Å². The van der Waals surface area contributed by atoms with Gasteiger partial charge in [-0.3, -0.25) is 4.79 Å². The lowest BCUT2D eigenvalue weighted by molar-refractivity contribution is -0.139. The second kappa shape index (κ2) is 7.89. The van der Waals surface area contributed by atoms with Crippen molar-refractivity contribution in [3.63, 3.8) is 0 Å². The highest BCUT2D eigenvalue weighted by molar-refractivity contribution is 6.49. The molecule has 0 aliphatic rings. The molecule has 118 valence electrons. The average molecular weight is 373 g/mol. The molecular formula is C14H17Cl4NO2. The zero-order valence-electron chi connectivity index (χ0n) is 11.7. The van der Waals surface area contributed by atoms with Crippen LogP contribution in [0, 0.1) is 5.92 Å². The fourth-order valence-corrected chi connectivity index (χ4v) is 3.65. The Kier molecular flexibility index (Phi) is 7.08. The number of halogens is 4. The second-order valence-electron chi connectivity index (χ2n) is 5.02. The monoisotopic (exact) mass is 371 g/mol. The van der Waals surface area contributed by atoms with E-state index in [9.17, 15) is 4.79 Å². The highest BCUT2D eigenvalue weighted by Crippen LogP contribution is 2.44. The van der Waals surface area contributed by atoms with Crippen molar-refractivity contribution in [2.24, 2.45) is 11.7 Å². The third-order valence-corrected chi connectivity index (χ3v) is 5.30. The van der Waals surface area contributed by atoms with Gasteiger partial charge in [-0.1, -0.05) is 66.7 Å². The lowest BCUT2D eigenvalue weighted by Gasteiger charge is -2.26. The molecule has 0 aliphatic carbocycles. The SMILES string of the molecule is CCC(CC(N)C(=O)O)C(C)c1c(Cl)cc(Cl)c(Cl)c1Cl. The standard InChI is InChI=1S/C14H17Cl4NO2/c1-3-7(4-10(19)14(20)21)6(2)11-8(15)5-9(16)12(17)13(11)18/h5-7,10H,3-4,19H2,1-2H3,(H,20,21). The average Bonchev–Trinajstić information content (AvgIpc) is 2.41. The lowest BCUT2D eigenvalue weighted by Crippen LogP contribution is -2.33. The molecule has 7 heteroatoms. The van der Waals surface area contributed by atoms with Gasteiger partial charge in [-0.15, -0.1) is 0 Å². The van der Waals surface area contributed by atoms with Crippen molar-refractivity contribution in [3.05, 3.63) is 31.7 Å². The van der Waals surface area contributed by atoms with Crippen LogP contribution in [0.2, 0.25) is 20.1 Å². The Bertz CT molecular complexity index is 536. The van der Waals surface area contributed by atoms with Crippen molar-refractivity contribution in [1.82, 2.24) is 0 Å². The van der Waals surface area contributed by atoms with Gasteiger partial charge >= 0.3 is 5.97 Å². The fraction of sp³-hybridized carbons (Fsp3) is 0.500. The van der Waals surface area contributed by atoms with Crippen molar-refractivity contribution >= 4 is 52.4 Å². The summed E-state index contributed by atoms with van der Waals surface area (Å²) in [4.78, 5) is 10.9. The number of hydrogen-bond acceptors (Lipinski definition) is 2. The van der Waals surface area contributed by atoms with E-state index in [1.165, 1.54) is 0 Å².